The third-order valence-electron chi connectivity index (χ3n) is 4.86. The standard InChI is InChI=1S/C21H12N2S/c1-2-6-15-13(5-1)14-9-10-18-19(16-7-3-4-8-17(16)24-18)20(14)23-12-11-22-21(15)23/h1-12H. The molecule has 0 N–H and O–H groups in total. The van der Waals surface area contributed by atoms with Crippen LogP contribution in [0.15, 0.2) is 73.1 Å². The van der Waals surface area contributed by atoms with Crippen molar-refractivity contribution in [3.63, 3.8) is 0 Å². The number of benzene rings is 3. The second-order valence-corrected chi connectivity index (χ2v) is 7.18. The number of thiophene rings is 1. The largest absolute Gasteiger partial charge is 0.298 e. The van der Waals surface area contributed by atoms with Gasteiger partial charge >= 0.3 is 0 Å². The highest BCUT2D eigenvalue weighted by atomic mass is 32.1. The molecule has 3 aromatic carbocycles. The van der Waals surface area contributed by atoms with Crippen LogP contribution in [0.25, 0.3) is 47.5 Å². The Labute approximate surface area is 141 Å². The average molecular weight is 324 g/mol. The van der Waals surface area contributed by atoms with E-state index >= 15 is 0 Å². The zero-order valence-electron chi connectivity index (χ0n) is 12.7. The first kappa shape index (κ1) is 12.5. The topological polar surface area (TPSA) is 17.3 Å². The molecular weight excluding hydrogens is 312 g/mol. The van der Waals surface area contributed by atoms with E-state index in [9.17, 15) is 0 Å². The van der Waals surface area contributed by atoms with Gasteiger partial charge in [-0.05, 0) is 17.5 Å². The summed E-state index contributed by atoms with van der Waals surface area (Å²) in [7, 11) is 0. The lowest BCUT2D eigenvalue weighted by Crippen LogP contribution is -1.91. The smallest absolute Gasteiger partial charge is 0.145 e. The molecule has 3 heterocycles. The van der Waals surface area contributed by atoms with Crippen molar-refractivity contribution in [2.45, 2.75) is 0 Å². The predicted molar refractivity (Wildman–Crippen MR) is 103 cm³/mol. The number of hydrogen-bond acceptors (Lipinski definition) is 2. The minimum Gasteiger partial charge on any atom is -0.298 e. The molecule has 0 unspecified atom stereocenters. The van der Waals surface area contributed by atoms with Crippen LogP contribution in [0.2, 0.25) is 0 Å². The Kier molecular flexibility index (Phi) is 2.26. The van der Waals surface area contributed by atoms with Crippen LogP contribution in [0, 0.1) is 0 Å². The van der Waals surface area contributed by atoms with Gasteiger partial charge in [0, 0.05) is 43.3 Å². The summed E-state index contributed by atoms with van der Waals surface area (Å²) in [6, 6.07) is 21.7. The molecule has 0 spiro atoms. The maximum absolute atomic E-state index is 4.63. The van der Waals surface area contributed by atoms with Crippen LogP contribution in [0.1, 0.15) is 0 Å². The average Bonchev–Trinajstić information content (AvgIpc) is 3.26. The molecule has 0 fully saturated rings. The Hall–Kier alpha value is -2.91. The van der Waals surface area contributed by atoms with Gasteiger partial charge in [-0.3, -0.25) is 4.40 Å². The predicted octanol–water partition coefficient (Wildman–Crippen LogP) is 6.01. The minimum atomic E-state index is 1.03. The van der Waals surface area contributed by atoms with Crippen LogP contribution in [0.3, 0.4) is 0 Å². The number of aromatic nitrogens is 2. The monoisotopic (exact) mass is 324 g/mol. The van der Waals surface area contributed by atoms with Gasteiger partial charge in [0.1, 0.15) is 5.65 Å². The summed E-state index contributed by atoms with van der Waals surface area (Å²) < 4.78 is 4.91. The van der Waals surface area contributed by atoms with Gasteiger partial charge in [0.2, 0.25) is 0 Å². The van der Waals surface area contributed by atoms with Crippen molar-refractivity contribution in [3.8, 4) is 0 Å². The molecule has 6 aromatic rings. The summed E-state index contributed by atoms with van der Waals surface area (Å²) in [5.41, 5.74) is 2.29. The molecule has 3 heteroatoms. The summed E-state index contributed by atoms with van der Waals surface area (Å²) >= 11 is 1.86. The first-order valence-corrected chi connectivity index (χ1v) is 8.81. The lowest BCUT2D eigenvalue weighted by Gasteiger charge is -2.09. The minimum absolute atomic E-state index is 1.03. The van der Waals surface area contributed by atoms with E-state index in [4.69, 9.17) is 0 Å². The molecule has 3 aromatic heterocycles. The Morgan fingerprint density at radius 2 is 1.50 bits per heavy atom. The van der Waals surface area contributed by atoms with Crippen LogP contribution in [0.5, 0.6) is 0 Å². The molecule has 6 rings (SSSR count). The van der Waals surface area contributed by atoms with E-state index in [1.807, 2.05) is 17.5 Å². The molecule has 0 aliphatic rings. The second kappa shape index (κ2) is 4.34. The maximum Gasteiger partial charge on any atom is 0.145 e. The van der Waals surface area contributed by atoms with E-state index in [1.165, 1.54) is 41.8 Å². The molecular formula is C21H12N2S. The maximum atomic E-state index is 4.63. The van der Waals surface area contributed by atoms with Gasteiger partial charge in [0.25, 0.3) is 0 Å². The number of hydrogen-bond donors (Lipinski definition) is 0. The summed E-state index contributed by atoms with van der Waals surface area (Å²) in [4.78, 5) is 4.63. The van der Waals surface area contributed by atoms with Gasteiger partial charge in [0.15, 0.2) is 0 Å². The summed E-state index contributed by atoms with van der Waals surface area (Å²) in [6.45, 7) is 0. The number of fused-ring (bicyclic) bond motifs is 10. The summed E-state index contributed by atoms with van der Waals surface area (Å²) in [5.74, 6) is 0. The molecule has 0 aliphatic carbocycles. The number of nitrogens with zero attached hydrogens (tertiary/aromatic N) is 2. The van der Waals surface area contributed by atoms with E-state index < -0.39 is 0 Å². The van der Waals surface area contributed by atoms with Crippen molar-refractivity contribution in [2.75, 3.05) is 0 Å². The fourth-order valence-electron chi connectivity index (χ4n) is 3.86. The fraction of sp³-hybridized carbons (Fsp3) is 0. The normalized spacial score (nSPS) is 12.2. The quantitative estimate of drug-likeness (QED) is 0.313. The third kappa shape index (κ3) is 1.43. The van der Waals surface area contributed by atoms with E-state index in [0.717, 1.165) is 5.65 Å². The van der Waals surface area contributed by atoms with Gasteiger partial charge < -0.3 is 0 Å². The lowest BCUT2D eigenvalue weighted by atomic mass is 10.0. The first-order valence-electron chi connectivity index (χ1n) is 7.99. The SMILES string of the molecule is c1ccc2c(c1)sc1ccc3c4ccccc4c4nccn4c3c12. The van der Waals surface area contributed by atoms with Gasteiger partial charge in [-0.1, -0.05) is 48.5 Å². The van der Waals surface area contributed by atoms with Crippen molar-refractivity contribution in [1.82, 2.24) is 9.38 Å². The van der Waals surface area contributed by atoms with Crippen LogP contribution in [-0.4, -0.2) is 9.38 Å². The Morgan fingerprint density at radius 1 is 0.708 bits per heavy atom. The van der Waals surface area contributed by atoms with Crippen molar-refractivity contribution in [2.24, 2.45) is 0 Å². The van der Waals surface area contributed by atoms with Crippen LogP contribution >= 0.6 is 11.3 Å². The number of pyridine rings is 1. The first-order chi connectivity index (χ1) is 11.9. The van der Waals surface area contributed by atoms with Crippen molar-refractivity contribution >= 4 is 58.8 Å². The van der Waals surface area contributed by atoms with Crippen molar-refractivity contribution in [3.05, 3.63) is 73.1 Å². The fourth-order valence-corrected chi connectivity index (χ4v) is 4.97. The van der Waals surface area contributed by atoms with Gasteiger partial charge in [-0.2, -0.15) is 0 Å². The molecule has 0 bridgehead atoms. The zero-order valence-corrected chi connectivity index (χ0v) is 13.5. The Bertz CT molecular complexity index is 1410. The van der Waals surface area contributed by atoms with Crippen molar-refractivity contribution < 1.29 is 0 Å². The van der Waals surface area contributed by atoms with E-state index in [2.05, 4.69) is 76.2 Å². The Balaban J connectivity index is 2.06. The molecule has 0 radical (unpaired) electrons. The van der Waals surface area contributed by atoms with E-state index in [1.54, 1.807) is 0 Å². The van der Waals surface area contributed by atoms with Gasteiger partial charge in [0.05, 0.1) is 5.52 Å². The molecule has 0 atom stereocenters. The van der Waals surface area contributed by atoms with Crippen LogP contribution < -0.4 is 0 Å². The number of imidazole rings is 1. The molecule has 2 nitrogen and oxygen atoms in total. The summed E-state index contributed by atoms with van der Waals surface area (Å²) in [5, 5.41) is 6.42. The Morgan fingerprint density at radius 3 is 2.42 bits per heavy atom. The molecule has 0 saturated heterocycles. The molecule has 112 valence electrons. The molecule has 0 amide bonds. The van der Waals surface area contributed by atoms with E-state index in [-0.39, 0.29) is 0 Å². The molecule has 0 aliphatic heterocycles. The second-order valence-electron chi connectivity index (χ2n) is 6.10. The highest BCUT2D eigenvalue weighted by molar-refractivity contribution is 7.26. The van der Waals surface area contributed by atoms with Crippen LogP contribution in [0.4, 0.5) is 0 Å². The highest BCUT2D eigenvalue weighted by Gasteiger charge is 2.14. The van der Waals surface area contributed by atoms with Gasteiger partial charge in [-0.25, -0.2) is 4.98 Å². The van der Waals surface area contributed by atoms with Crippen molar-refractivity contribution in [1.29, 1.82) is 0 Å². The highest BCUT2D eigenvalue weighted by Crippen LogP contribution is 2.40. The summed E-state index contributed by atoms with van der Waals surface area (Å²) in [6.07, 6.45) is 3.98. The zero-order chi connectivity index (χ0) is 15.7. The lowest BCUT2D eigenvalue weighted by molar-refractivity contribution is 1.28. The molecule has 24 heavy (non-hydrogen) atoms. The molecule has 0 saturated carbocycles. The van der Waals surface area contributed by atoms with Gasteiger partial charge in [-0.15, -0.1) is 11.3 Å². The van der Waals surface area contributed by atoms with E-state index in [0.29, 0.717) is 0 Å². The van der Waals surface area contributed by atoms with Crippen LogP contribution in [-0.2, 0) is 0 Å². The number of rotatable bonds is 0. The third-order valence-corrected chi connectivity index (χ3v) is 5.99.